The second-order valence-corrected chi connectivity index (χ2v) is 7.23. The summed E-state index contributed by atoms with van der Waals surface area (Å²) in [5, 5.41) is 10.5. The van der Waals surface area contributed by atoms with Crippen LogP contribution in [0.3, 0.4) is 0 Å². The Kier molecular flexibility index (Phi) is 3.75. The molecule has 1 aliphatic carbocycles. The number of nitrogens with zero attached hydrogens (tertiary/aromatic N) is 3. The molecule has 3 aromatic heterocycles. The SMILES string of the molecule is Cc1oc2ncnc(NC3(C)CC3)c2c1C(=O)NCc1cc(Br)no1. The number of fused-ring (bicyclic) bond motifs is 1. The summed E-state index contributed by atoms with van der Waals surface area (Å²) >= 11 is 3.21. The second-order valence-electron chi connectivity index (χ2n) is 6.42. The maximum atomic E-state index is 12.7. The number of amides is 1. The van der Waals surface area contributed by atoms with Gasteiger partial charge in [0.25, 0.3) is 5.91 Å². The molecule has 8 nitrogen and oxygen atoms in total. The van der Waals surface area contributed by atoms with E-state index in [1.165, 1.54) is 6.33 Å². The summed E-state index contributed by atoms with van der Waals surface area (Å²) in [6, 6.07) is 1.70. The fourth-order valence-electron chi connectivity index (χ4n) is 2.64. The monoisotopic (exact) mass is 405 g/mol. The summed E-state index contributed by atoms with van der Waals surface area (Å²) in [4.78, 5) is 21.2. The van der Waals surface area contributed by atoms with Crippen LogP contribution in [0.25, 0.3) is 11.1 Å². The highest BCUT2D eigenvalue weighted by atomic mass is 79.9. The van der Waals surface area contributed by atoms with Gasteiger partial charge < -0.3 is 19.6 Å². The quantitative estimate of drug-likeness (QED) is 0.670. The third kappa shape index (κ3) is 3.11. The molecular formula is C16H16BrN5O3. The summed E-state index contributed by atoms with van der Waals surface area (Å²) in [5.41, 5.74) is 0.847. The van der Waals surface area contributed by atoms with Crippen molar-refractivity contribution in [2.24, 2.45) is 0 Å². The molecule has 1 amide bonds. The Morgan fingerprint density at radius 3 is 2.88 bits per heavy atom. The van der Waals surface area contributed by atoms with Crippen molar-refractivity contribution in [2.45, 2.75) is 38.8 Å². The largest absolute Gasteiger partial charge is 0.442 e. The van der Waals surface area contributed by atoms with Crippen LogP contribution >= 0.6 is 15.9 Å². The molecule has 130 valence electrons. The zero-order chi connectivity index (χ0) is 17.6. The maximum Gasteiger partial charge on any atom is 0.256 e. The summed E-state index contributed by atoms with van der Waals surface area (Å²) in [6.07, 6.45) is 3.57. The van der Waals surface area contributed by atoms with E-state index in [-0.39, 0.29) is 18.0 Å². The number of anilines is 1. The first-order valence-electron chi connectivity index (χ1n) is 7.87. The lowest BCUT2D eigenvalue weighted by molar-refractivity contribution is 0.0947. The Morgan fingerprint density at radius 2 is 2.20 bits per heavy atom. The van der Waals surface area contributed by atoms with Crippen molar-refractivity contribution in [1.29, 1.82) is 0 Å². The molecule has 3 heterocycles. The molecule has 0 bridgehead atoms. The van der Waals surface area contributed by atoms with Crippen molar-refractivity contribution < 1.29 is 13.7 Å². The first-order chi connectivity index (χ1) is 12.0. The fraction of sp³-hybridized carbons (Fsp3) is 0.375. The van der Waals surface area contributed by atoms with E-state index in [1.54, 1.807) is 13.0 Å². The molecule has 0 unspecified atom stereocenters. The first-order valence-corrected chi connectivity index (χ1v) is 8.66. The van der Waals surface area contributed by atoms with Crippen LogP contribution in [-0.2, 0) is 6.54 Å². The lowest BCUT2D eigenvalue weighted by atomic mass is 10.1. The lowest BCUT2D eigenvalue weighted by Gasteiger charge is -2.13. The van der Waals surface area contributed by atoms with Gasteiger partial charge in [0.05, 0.1) is 17.5 Å². The zero-order valence-electron chi connectivity index (χ0n) is 13.7. The molecule has 0 radical (unpaired) electrons. The topological polar surface area (TPSA) is 106 Å². The van der Waals surface area contributed by atoms with Crippen LogP contribution in [0, 0.1) is 6.92 Å². The molecule has 2 N–H and O–H groups in total. The number of aromatic nitrogens is 3. The van der Waals surface area contributed by atoms with E-state index in [1.807, 2.05) is 0 Å². The van der Waals surface area contributed by atoms with Gasteiger partial charge in [0.1, 0.15) is 22.5 Å². The number of carbonyl (C=O) groups is 1. The number of nitrogens with one attached hydrogen (secondary N) is 2. The molecule has 9 heteroatoms. The summed E-state index contributed by atoms with van der Waals surface area (Å²) in [5.74, 6) is 1.39. The standard InChI is InChI=1S/C16H16BrN5O3/c1-8-11(14(23)18-6-9-5-10(17)22-25-9)12-13(21-16(2)3-4-16)19-7-20-15(12)24-8/h5,7H,3-4,6H2,1-2H3,(H,18,23)(H,19,20,21). The molecule has 0 aromatic carbocycles. The smallest absolute Gasteiger partial charge is 0.256 e. The highest BCUT2D eigenvalue weighted by Gasteiger charge is 2.38. The van der Waals surface area contributed by atoms with Crippen LogP contribution in [0.5, 0.6) is 0 Å². The van der Waals surface area contributed by atoms with Gasteiger partial charge in [-0.3, -0.25) is 4.79 Å². The Bertz CT molecular complexity index is 960. The van der Waals surface area contributed by atoms with Crippen LogP contribution in [0.15, 0.2) is 25.9 Å². The Morgan fingerprint density at radius 1 is 1.40 bits per heavy atom. The number of carbonyl (C=O) groups excluding carboxylic acids is 1. The molecular weight excluding hydrogens is 390 g/mol. The van der Waals surface area contributed by atoms with Gasteiger partial charge in [-0.2, -0.15) is 0 Å². The van der Waals surface area contributed by atoms with Crippen molar-refractivity contribution >= 4 is 38.8 Å². The Labute approximate surface area is 151 Å². The van der Waals surface area contributed by atoms with Gasteiger partial charge in [0.2, 0.25) is 5.71 Å². The van der Waals surface area contributed by atoms with Crippen molar-refractivity contribution in [3.05, 3.63) is 34.1 Å². The summed E-state index contributed by atoms with van der Waals surface area (Å²) in [6.45, 7) is 4.08. The third-order valence-electron chi connectivity index (χ3n) is 4.26. The Balaban J connectivity index is 1.65. The average Bonchev–Trinajstić information content (AvgIpc) is 2.99. The highest BCUT2D eigenvalue weighted by molar-refractivity contribution is 9.10. The van der Waals surface area contributed by atoms with E-state index in [2.05, 4.69) is 48.6 Å². The van der Waals surface area contributed by atoms with Gasteiger partial charge in [0.15, 0.2) is 5.76 Å². The van der Waals surface area contributed by atoms with Gasteiger partial charge in [0, 0.05) is 11.6 Å². The van der Waals surface area contributed by atoms with Gasteiger partial charge in [-0.15, -0.1) is 0 Å². The first kappa shape index (κ1) is 16.1. The van der Waals surface area contributed by atoms with E-state index < -0.39 is 0 Å². The van der Waals surface area contributed by atoms with Crippen LogP contribution in [0.2, 0.25) is 0 Å². The highest BCUT2D eigenvalue weighted by Crippen LogP contribution is 2.40. The van der Waals surface area contributed by atoms with Crippen LogP contribution < -0.4 is 10.6 Å². The van der Waals surface area contributed by atoms with Gasteiger partial charge in [-0.25, -0.2) is 9.97 Å². The Hall–Kier alpha value is -2.42. The van der Waals surface area contributed by atoms with Gasteiger partial charge in [-0.05, 0) is 42.6 Å². The van der Waals surface area contributed by atoms with Crippen molar-refractivity contribution in [3.8, 4) is 0 Å². The predicted molar refractivity (Wildman–Crippen MR) is 93.2 cm³/mol. The number of rotatable bonds is 5. The number of hydrogen-bond acceptors (Lipinski definition) is 7. The maximum absolute atomic E-state index is 12.7. The molecule has 25 heavy (non-hydrogen) atoms. The third-order valence-corrected chi connectivity index (χ3v) is 4.64. The molecule has 1 aliphatic rings. The lowest BCUT2D eigenvalue weighted by Crippen LogP contribution is -2.24. The molecule has 0 atom stereocenters. The van der Waals surface area contributed by atoms with Crippen molar-refractivity contribution in [1.82, 2.24) is 20.4 Å². The van der Waals surface area contributed by atoms with E-state index in [0.717, 1.165) is 12.8 Å². The van der Waals surface area contributed by atoms with E-state index in [0.29, 0.717) is 38.6 Å². The molecule has 3 aromatic rings. The predicted octanol–water partition coefficient (Wildman–Crippen LogP) is 3.18. The minimum atomic E-state index is -0.275. The molecule has 0 spiro atoms. The van der Waals surface area contributed by atoms with E-state index in [4.69, 9.17) is 8.94 Å². The number of furan rings is 1. The summed E-state index contributed by atoms with van der Waals surface area (Å²) in [7, 11) is 0. The zero-order valence-corrected chi connectivity index (χ0v) is 15.3. The van der Waals surface area contributed by atoms with Crippen LogP contribution in [0.1, 0.15) is 41.6 Å². The normalized spacial score (nSPS) is 15.3. The van der Waals surface area contributed by atoms with Crippen LogP contribution in [-0.4, -0.2) is 26.6 Å². The molecule has 1 saturated carbocycles. The fourth-order valence-corrected chi connectivity index (χ4v) is 2.97. The van der Waals surface area contributed by atoms with Gasteiger partial charge >= 0.3 is 0 Å². The minimum Gasteiger partial charge on any atom is -0.442 e. The molecule has 4 rings (SSSR count). The second kappa shape index (κ2) is 5.83. The van der Waals surface area contributed by atoms with Crippen molar-refractivity contribution in [2.75, 3.05) is 5.32 Å². The minimum absolute atomic E-state index is 0.0202. The van der Waals surface area contributed by atoms with E-state index >= 15 is 0 Å². The average molecular weight is 406 g/mol. The summed E-state index contributed by atoms with van der Waals surface area (Å²) < 4.78 is 11.3. The molecule has 1 fully saturated rings. The number of hydrogen-bond donors (Lipinski definition) is 2. The van der Waals surface area contributed by atoms with Crippen LogP contribution in [0.4, 0.5) is 5.82 Å². The molecule has 0 saturated heterocycles. The van der Waals surface area contributed by atoms with Crippen molar-refractivity contribution in [3.63, 3.8) is 0 Å². The van der Waals surface area contributed by atoms with Gasteiger partial charge in [-0.1, -0.05) is 5.16 Å². The number of halogens is 1. The molecule has 0 aliphatic heterocycles. The van der Waals surface area contributed by atoms with E-state index in [9.17, 15) is 4.79 Å². The number of aryl methyl sites for hydroxylation is 1.